The van der Waals surface area contributed by atoms with Crippen molar-refractivity contribution in [2.45, 2.75) is 6.42 Å². The Balaban J connectivity index is 2.63. The molecule has 80 valence electrons. The number of fused-ring (bicyclic) bond motifs is 1. The Kier molecular flexibility index (Phi) is 2.98. The Morgan fingerprint density at radius 1 is 1.47 bits per heavy atom. The van der Waals surface area contributed by atoms with Crippen LogP contribution in [0.15, 0.2) is 27.3 Å². The van der Waals surface area contributed by atoms with Gasteiger partial charge in [0.1, 0.15) is 0 Å². The van der Waals surface area contributed by atoms with Gasteiger partial charge in [-0.2, -0.15) is 0 Å². The molecule has 0 aliphatic rings. The molecule has 2 rings (SSSR count). The van der Waals surface area contributed by atoms with Crippen LogP contribution < -0.4 is 10.5 Å². The van der Waals surface area contributed by atoms with Crippen molar-refractivity contribution in [1.29, 1.82) is 0 Å². The van der Waals surface area contributed by atoms with Crippen LogP contribution in [0.4, 0.5) is 0 Å². The predicted molar refractivity (Wildman–Crippen MR) is 63.2 cm³/mol. The largest absolute Gasteiger partial charge is 0.493 e. The van der Waals surface area contributed by atoms with Gasteiger partial charge in [-0.05, 0) is 40.5 Å². The second-order valence-electron chi connectivity index (χ2n) is 3.27. The quantitative estimate of drug-likeness (QED) is 0.932. The summed E-state index contributed by atoms with van der Waals surface area (Å²) in [6.07, 6.45) is 0.789. The molecule has 0 aliphatic carbocycles. The zero-order valence-electron chi connectivity index (χ0n) is 8.42. The molecule has 0 spiro atoms. The minimum Gasteiger partial charge on any atom is -0.493 e. The van der Waals surface area contributed by atoms with Crippen molar-refractivity contribution in [2.24, 2.45) is 5.73 Å². The predicted octanol–water partition coefficient (Wildman–Crippen LogP) is 2.71. The molecule has 0 saturated heterocycles. The maximum Gasteiger partial charge on any atom is 0.177 e. The molecule has 0 amide bonds. The molecule has 0 unspecified atom stereocenters. The SMILES string of the molecule is COc1c(CCN)ccc2cc(Br)oc12. The van der Waals surface area contributed by atoms with E-state index in [1.807, 2.05) is 18.2 Å². The summed E-state index contributed by atoms with van der Waals surface area (Å²) >= 11 is 3.30. The molecule has 0 bridgehead atoms. The van der Waals surface area contributed by atoms with Crippen molar-refractivity contribution in [3.8, 4) is 5.75 Å². The van der Waals surface area contributed by atoms with Crippen LogP contribution in [-0.4, -0.2) is 13.7 Å². The third-order valence-electron chi connectivity index (χ3n) is 2.31. The molecule has 0 atom stereocenters. The van der Waals surface area contributed by atoms with E-state index in [1.54, 1.807) is 7.11 Å². The Morgan fingerprint density at radius 2 is 2.27 bits per heavy atom. The normalized spacial score (nSPS) is 10.9. The van der Waals surface area contributed by atoms with E-state index in [-0.39, 0.29) is 0 Å². The summed E-state index contributed by atoms with van der Waals surface area (Å²) in [7, 11) is 1.64. The van der Waals surface area contributed by atoms with Gasteiger partial charge in [0.05, 0.1) is 7.11 Å². The number of ether oxygens (including phenoxy) is 1. The monoisotopic (exact) mass is 269 g/mol. The highest BCUT2D eigenvalue weighted by atomic mass is 79.9. The van der Waals surface area contributed by atoms with Gasteiger partial charge < -0.3 is 14.9 Å². The molecule has 1 heterocycles. The molecule has 2 N–H and O–H groups in total. The van der Waals surface area contributed by atoms with Crippen LogP contribution in [0.2, 0.25) is 0 Å². The van der Waals surface area contributed by atoms with E-state index in [0.717, 1.165) is 28.7 Å². The first-order chi connectivity index (χ1) is 7.26. The molecule has 0 radical (unpaired) electrons. The van der Waals surface area contributed by atoms with Gasteiger partial charge in [0.15, 0.2) is 16.0 Å². The van der Waals surface area contributed by atoms with E-state index in [2.05, 4.69) is 15.9 Å². The van der Waals surface area contributed by atoms with Gasteiger partial charge in [0.2, 0.25) is 0 Å². The third kappa shape index (κ3) is 1.87. The van der Waals surface area contributed by atoms with Crippen molar-refractivity contribution in [2.75, 3.05) is 13.7 Å². The zero-order valence-corrected chi connectivity index (χ0v) is 10.0. The van der Waals surface area contributed by atoms with Gasteiger partial charge >= 0.3 is 0 Å². The standard InChI is InChI=1S/C11H12BrNO2/c1-14-10-7(4-5-13)2-3-8-6-9(12)15-11(8)10/h2-3,6H,4-5,13H2,1H3. The van der Waals surface area contributed by atoms with Gasteiger partial charge in [-0.3, -0.25) is 0 Å². The van der Waals surface area contributed by atoms with E-state index in [4.69, 9.17) is 14.9 Å². The summed E-state index contributed by atoms with van der Waals surface area (Å²) in [5, 5.41) is 1.03. The number of furan rings is 1. The number of benzene rings is 1. The van der Waals surface area contributed by atoms with E-state index in [0.29, 0.717) is 11.2 Å². The first-order valence-corrected chi connectivity index (χ1v) is 5.50. The second kappa shape index (κ2) is 4.24. The minimum absolute atomic E-state index is 0.601. The van der Waals surface area contributed by atoms with Crippen LogP contribution in [0.5, 0.6) is 5.75 Å². The number of methoxy groups -OCH3 is 1. The summed E-state index contributed by atoms with van der Waals surface area (Å²) in [5.74, 6) is 0.781. The van der Waals surface area contributed by atoms with Gasteiger partial charge in [0.25, 0.3) is 0 Å². The third-order valence-corrected chi connectivity index (χ3v) is 2.70. The highest BCUT2D eigenvalue weighted by Crippen LogP contribution is 2.34. The average molecular weight is 270 g/mol. The smallest absolute Gasteiger partial charge is 0.177 e. The van der Waals surface area contributed by atoms with Crippen molar-refractivity contribution in [1.82, 2.24) is 0 Å². The summed E-state index contributed by atoms with van der Waals surface area (Å²) in [6, 6.07) is 5.96. The lowest BCUT2D eigenvalue weighted by Gasteiger charge is -2.07. The Labute approximate surface area is 96.3 Å². The van der Waals surface area contributed by atoms with E-state index < -0.39 is 0 Å². The minimum atomic E-state index is 0.601. The maximum atomic E-state index is 5.54. The number of rotatable bonds is 3. The summed E-state index contributed by atoms with van der Waals surface area (Å²) in [4.78, 5) is 0. The molecular formula is C11H12BrNO2. The van der Waals surface area contributed by atoms with Gasteiger partial charge in [-0.15, -0.1) is 0 Å². The van der Waals surface area contributed by atoms with Crippen molar-refractivity contribution < 1.29 is 9.15 Å². The van der Waals surface area contributed by atoms with Crippen LogP contribution in [0, 0.1) is 0 Å². The lowest BCUT2D eigenvalue weighted by atomic mass is 10.1. The highest BCUT2D eigenvalue weighted by Gasteiger charge is 2.11. The first kappa shape index (κ1) is 10.5. The molecular weight excluding hydrogens is 258 g/mol. The first-order valence-electron chi connectivity index (χ1n) is 4.71. The van der Waals surface area contributed by atoms with Crippen LogP contribution >= 0.6 is 15.9 Å². The second-order valence-corrected chi connectivity index (χ2v) is 4.05. The van der Waals surface area contributed by atoms with E-state index in [9.17, 15) is 0 Å². The molecule has 1 aromatic carbocycles. The maximum absolute atomic E-state index is 5.54. The van der Waals surface area contributed by atoms with E-state index in [1.165, 1.54) is 0 Å². The molecule has 1 aromatic heterocycles. The van der Waals surface area contributed by atoms with Crippen LogP contribution in [0.25, 0.3) is 11.0 Å². The van der Waals surface area contributed by atoms with Crippen LogP contribution in [0.3, 0.4) is 0 Å². The van der Waals surface area contributed by atoms with Gasteiger partial charge in [-0.25, -0.2) is 0 Å². The molecule has 0 fully saturated rings. The highest BCUT2D eigenvalue weighted by molar-refractivity contribution is 9.10. The summed E-state index contributed by atoms with van der Waals surface area (Å²) in [6.45, 7) is 0.601. The number of nitrogens with two attached hydrogens (primary N) is 1. The lowest BCUT2D eigenvalue weighted by Crippen LogP contribution is -2.04. The Bertz CT molecular complexity index is 479. The van der Waals surface area contributed by atoms with Gasteiger partial charge in [0, 0.05) is 5.39 Å². The lowest BCUT2D eigenvalue weighted by molar-refractivity contribution is 0.404. The Morgan fingerprint density at radius 3 is 2.93 bits per heavy atom. The molecule has 4 heteroatoms. The fourth-order valence-corrected chi connectivity index (χ4v) is 2.07. The van der Waals surface area contributed by atoms with Crippen molar-refractivity contribution in [3.05, 3.63) is 28.4 Å². The Hall–Kier alpha value is -1.000. The molecule has 15 heavy (non-hydrogen) atoms. The van der Waals surface area contributed by atoms with Crippen LogP contribution in [-0.2, 0) is 6.42 Å². The molecule has 2 aromatic rings. The van der Waals surface area contributed by atoms with Crippen LogP contribution in [0.1, 0.15) is 5.56 Å². The topological polar surface area (TPSA) is 48.4 Å². The summed E-state index contributed by atoms with van der Waals surface area (Å²) < 4.78 is 11.6. The fourth-order valence-electron chi connectivity index (χ4n) is 1.66. The number of halogens is 1. The molecule has 0 saturated carbocycles. The van der Waals surface area contributed by atoms with Crippen molar-refractivity contribution in [3.63, 3.8) is 0 Å². The number of hydrogen-bond donors (Lipinski definition) is 1. The zero-order chi connectivity index (χ0) is 10.8. The average Bonchev–Trinajstić information content (AvgIpc) is 2.58. The van der Waals surface area contributed by atoms with Crippen molar-refractivity contribution >= 4 is 26.9 Å². The van der Waals surface area contributed by atoms with Gasteiger partial charge in [-0.1, -0.05) is 12.1 Å². The van der Waals surface area contributed by atoms with E-state index >= 15 is 0 Å². The fraction of sp³-hybridized carbons (Fsp3) is 0.273. The summed E-state index contributed by atoms with van der Waals surface area (Å²) in [5.41, 5.74) is 7.39. The molecule has 3 nitrogen and oxygen atoms in total. The molecule has 0 aliphatic heterocycles. The number of hydrogen-bond acceptors (Lipinski definition) is 3.